The second-order valence-electron chi connectivity index (χ2n) is 1.87. The van der Waals surface area contributed by atoms with E-state index in [9.17, 15) is 4.79 Å². The van der Waals surface area contributed by atoms with Crippen molar-refractivity contribution in [2.45, 2.75) is 6.92 Å². The van der Waals surface area contributed by atoms with Gasteiger partial charge in [-0.2, -0.15) is 4.99 Å². The summed E-state index contributed by atoms with van der Waals surface area (Å²) in [6.07, 6.45) is -0.643. The van der Waals surface area contributed by atoms with Crippen molar-refractivity contribution in [3.05, 3.63) is 14.0 Å². The maximum absolute atomic E-state index is 10.9. The standard InChI is InChI=1S/C6H5Cl2NO2S2/c1-2-11-6(10)9-5-3(7)4(8)12-13-5/h2H2,1H3/b9-5-. The molecular weight excluding hydrogens is 253 g/mol. The van der Waals surface area contributed by atoms with Crippen molar-refractivity contribution in [3.8, 4) is 0 Å². The molecule has 3 nitrogen and oxygen atoms in total. The number of carbonyl (C=O) groups excluding carboxylic acids is 1. The van der Waals surface area contributed by atoms with Gasteiger partial charge in [0.05, 0.1) is 6.61 Å². The number of amides is 1. The van der Waals surface area contributed by atoms with Gasteiger partial charge in [0.1, 0.15) is 9.36 Å². The van der Waals surface area contributed by atoms with Crippen molar-refractivity contribution < 1.29 is 9.53 Å². The highest BCUT2D eigenvalue weighted by Crippen LogP contribution is 2.26. The highest BCUT2D eigenvalue weighted by atomic mass is 35.5. The Morgan fingerprint density at radius 1 is 1.54 bits per heavy atom. The van der Waals surface area contributed by atoms with Crippen LogP contribution >= 0.6 is 43.9 Å². The molecule has 1 rings (SSSR count). The minimum Gasteiger partial charge on any atom is -0.448 e. The summed E-state index contributed by atoms with van der Waals surface area (Å²) in [7, 11) is 2.51. The smallest absolute Gasteiger partial charge is 0.435 e. The average molecular weight is 258 g/mol. The summed E-state index contributed by atoms with van der Waals surface area (Å²) in [6.45, 7) is 2.00. The fourth-order valence-corrected chi connectivity index (χ4v) is 3.26. The summed E-state index contributed by atoms with van der Waals surface area (Å²) in [6, 6.07) is 0. The molecule has 1 amide bonds. The Balaban J connectivity index is 2.94. The Labute approximate surface area is 92.0 Å². The third-order valence-electron chi connectivity index (χ3n) is 1.01. The summed E-state index contributed by atoms with van der Waals surface area (Å²) >= 11 is 11.4. The summed E-state index contributed by atoms with van der Waals surface area (Å²) in [4.78, 5) is 14.5. The van der Waals surface area contributed by atoms with E-state index in [1.165, 1.54) is 20.7 Å². The second-order valence-corrected chi connectivity index (χ2v) is 4.98. The summed E-state index contributed by atoms with van der Waals surface area (Å²) in [5.74, 6) is 0. The molecule has 0 aliphatic carbocycles. The Morgan fingerprint density at radius 3 is 2.69 bits per heavy atom. The number of hydrogen-bond donors (Lipinski definition) is 0. The number of halogens is 2. The van der Waals surface area contributed by atoms with E-state index in [-0.39, 0.29) is 0 Å². The van der Waals surface area contributed by atoms with Crippen molar-refractivity contribution in [1.82, 2.24) is 0 Å². The Bertz CT molecular complexity index is 371. The predicted molar refractivity (Wildman–Crippen MR) is 54.8 cm³/mol. The fraction of sp³-hybridized carbons (Fsp3) is 0.333. The molecule has 0 atom stereocenters. The van der Waals surface area contributed by atoms with Crippen molar-refractivity contribution in [3.63, 3.8) is 0 Å². The molecule has 0 fully saturated rings. The summed E-state index contributed by atoms with van der Waals surface area (Å²) in [5, 5.41) is 0.310. The molecule has 0 N–H and O–H groups in total. The van der Waals surface area contributed by atoms with Gasteiger partial charge in [-0.25, -0.2) is 4.79 Å². The fourth-order valence-electron chi connectivity index (χ4n) is 0.540. The molecule has 1 heterocycles. The molecule has 13 heavy (non-hydrogen) atoms. The van der Waals surface area contributed by atoms with Gasteiger partial charge in [0.15, 0.2) is 4.67 Å². The van der Waals surface area contributed by atoms with E-state index in [1.54, 1.807) is 6.92 Å². The third-order valence-corrected chi connectivity index (χ3v) is 4.51. The summed E-state index contributed by atoms with van der Waals surface area (Å²) in [5.41, 5.74) is 0. The van der Waals surface area contributed by atoms with Gasteiger partial charge in [-0.1, -0.05) is 43.9 Å². The molecule has 0 saturated carbocycles. The van der Waals surface area contributed by atoms with E-state index in [1.807, 2.05) is 0 Å². The van der Waals surface area contributed by atoms with Gasteiger partial charge in [-0.15, -0.1) is 0 Å². The topological polar surface area (TPSA) is 38.7 Å². The van der Waals surface area contributed by atoms with Crippen LogP contribution in [0.4, 0.5) is 4.79 Å². The molecule has 1 aromatic heterocycles. The molecule has 72 valence electrons. The van der Waals surface area contributed by atoms with Crippen molar-refractivity contribution in [2.24, 2.45) is 4.99 Å². The van der Waals surface area contributed by atoms with Crippen LogP contribution in [-0.2, 0) is 4.74 Å². The van der Waals surface area contributed by atoms with Gasteiger partial charge in [0.2, 0.25) is 0 Å². The minimum atomic E-state index is -0.643. The highest BCUT2D eigenvalue weighted by molar-refractivity contribution is 7.69. The Morgan fingerprint density at radius 2 is 2.23 bits per heavy atom. The normalized spacial score (nSPS) is 11.8. The summed E-state index contributed by atoms with van der Waals surface area (Å²) < 4.78 is 5.45. The first kappa shape index (κ1) is 11.0. The van der Waals surface area contributed by atoms with E-state index in [4.69, 9.17) is 23.2 Å². The number of hydrogen-bond acceptors (Lipinski definition) is 4. The Kier molecular flexibility index (Phi) is 4.18. The largest absolute Gasteiger partial charge is 0.448 e. The lowest BCUT2D eigenvalue weighted by molar-refractivity contribution is 0.162. The van der Waals surface area contributed by atoms with E-state index in [0.717, 1.165) is 0 Å². The lowest BCUT2D eigenvalue weighted by atomic mass is 10.7. The first-order valence-electron chi connectivity index (χ1n) is 3.30. The maximum Gasteiger partial charge on any atom is 0.435 e. The monoisotopic (exact) mass is 257 g/mol. The van der Waals surface area contributed by atoms with Crippen LogP contribution in [0.2, 0.25) is 9.36 Å². The van der Waals surface area contributed by atoms with E-state index in [2.05, 4.69) is 9.73 Å². The van der Waals surface area contributed by atoms with Gasteiger partial charge in [0, 0.05) is 0 Å². The highest BCUT2D eigenvalue weighted by Gasteiger charge is 2.05. The average Bonchev–Trinajstić information content (AvgIpc) is 2.37. The molecule has 0 aromatic carbocycles. The molecule has 0 spiro atoms. The first-order chi connectivity index (χ1) is 6.15. The van der Waals surface area contributed by atoms with Crippen LogP contribution in [0.25, 0.3) is 0 Å². The quantitative estimate of drug-likeness (QED) is 0.725. The number of rotatable bonds is 1. The zero-order valence-corrected chi connectivity index (χ0v) is 9.69. The molecule has 1 aromatic rings. The third kappa shape index (κ3) is 2.95. The van der Waals surface area contributed by atoms with Crippen LogP contribution in [0.5, 0.6) is 0 Å². The molecule has 0 bridgehead atoms. The van der Waals surface area contributed by atoms with Crippen molar-refractivity contribution in [2.75, 3.05) is 6.61 Å². The SMILES string of the molecule is CCOC(=O)/N=c1\ssc(Cl)c1Cl. The Hall–Kier alpha value is -0.100. The van der Waals surface area contributed by atoms with Crippen molar-refractivity contribution >= 4 is 50.0 Å². The zero-order chi connectivity index (χ0) is 9.84. The molecule has 7 heteroatoms. The van der Waals surface area contributed by atoms with Crippen LogP contribution in [0.3, 0.4) is 0 Å². The lowest BCUT2D eigenvalue weighted by Crippen LogP contribution is -2.04. The van der Waals surface area contributed by atoms with Crippen LogP contribution < -0.4 is 4.67 Å². The predicted octanol–water partition coefficient (Wildman–Crippen LogP) is 3.17. The minimum absolute atomic E-state index is 0.294. The first-order valence-corrected chi connectivity index (χ1v) is 6.21. The van der Waals surface area contributed by atoms with Gasteiger partial charge < -0.3 is 4.74 Å². The van der Waals surface area contributed by atoms with Crippen LogP contribution in [-0.4, -0.2) is 12.7 Å². The van der Waals surface area contributed by atoms with E-state index in [0.29, 0.717) is 20.6 Å². The van der Waals surface area contributed by atoms with Gasteiger partial charge in [-0.3, -0.25) is 0 Å². The maximum atomic E-state index is 10.9. The molecule has 0 saturated heterocycles. The number of carbonyl (C=O) groups is 1. The van der Waals surface area contributed by atoms with E-state index < -0.39 is 6.09 Å². The van der Waals surface area contributed by atoms with Gasteiger partial charge in [-0.05, 0) is 6.92 Å². The lowest BCUT2D eigenvalue weighted by Gasteiger charge is -1.91. The van der Waals surface area contributed by atoms with Gasteiger partial charge in [0.25, 0.3) is 0 Å². The molecule has 0 aliphatic rings. The molecule has 0 radical (unpaired) electrons. The van der Waals surface area contributed by atoms with Crippen LogP contribution in [0, 0.1) is 0 Å². The van der Waals surface area contributed by atoms with E-state index >= 15 is 0 Å². The molecule has 0 unspecified atom stereocenters. The number of ether oxygens (including phenoxy) is 1. The van der Waals surface area contributed by atoms with Crippen LogP contribution in [0.1, 0.15) is 6.92 Å². The van der Waals surface area contributed by atoms with Gasteiger partial charge >= 0.3 is 6.09 Å². The van der Waals surface area contributed by atoms with Crippen molar-refractivity contribution in [1.29, 1.82) is 0 Å². The zero-order valence-electron chi connectivity index (χ0n) is 6.54. The molecule has 0 aliphatic heterocycles. The molecular formula is C6H5Cl2NO2S2. The van der Waals surface area contributed by atoms with Crippen LogP contribution in [0.15, 0.2) is 4.99 Å². The number of nitrogens with zero attached hydrogens (tertiary/aromatic N) is 1. The second kappa shape index (κ2) is 4.95.